The molecule has 76 valence electrons. The van der Waals surface area contributed by atoms with Gasteiger partial charge in [-0.25, -0.2) is 0 Å². The highest BCUT2D eigenvalue weighted by Crippen LogP contribution is 2.33. The predicted octanol–water partition coefficient (Wildman–Crippen LogP) is 3.36. The zero-order chi connectivity index (χ0) is 10.2. The van der Waals surface area contributed by atoms with Crippen molar-refractivity contribution in [1.82, 2.24) is 5.32 Å². The molecular formula is C12H16BrN. The van der Waals surface area contributed by atoms with E-state index in [0.29, 0.717) is 0 Å². The van der Waals surface area contributed by atoms with Crippen LogP contribution < -0.4 is 5.32 Å². The molecule has 2 heteroatoms. The molecule has 1 aliphatic heterocycles. The van der Waals surface area contributed by atoms with Gasteiger partial charge in [0.05, 0.1) is 0 Å². The summed E-state index contributed by atoms with van der Waals surface area (Å²) in [6.45, 7) is 5.63. The average molecular weight is 254 g/mol. The highest BCUT2D eigenvalue weighted by molar-refractivity contribution is 9.10. The van der Waals surface area contributed by atoms with Crippen LogP contribution in [0.3, 0.4) is 0 Å². The van der Waals surface area contributed by atoms with Crippen LogP contribution in [-0.2, 0) is 5.54 Å². The van der Waals surface area contributed by atoms with Crippen LogP contribution in [0, 0.1) is 6.92 Å². The Balaban J connectivity index is 2.40. The third kappa shape index (κ3) is 1.73. The molecule has 1 aromatic carbocycles. The van der Waals surface area contributed by atoms with Crippen LogP contribution in [0.15, 0.2) is 22.7 Å². The van der Waals surface area contributed by atoms with E-state index < -0.39 is 0 Å². The molecular weight excluding hydrogens is 238 g/mol. The van der Waals surface area contributed by atoms with E-state index in [2.05, 4.69) is 53.3 Å². The molecule has 1 nitrogen and oxygen atoms in total. The van der Waals surface area contributed by atoms with Gasteiger partial charge in [-0.2, -0.15) is 0 Å². The van der Waals surface area contributed by atoms with E-state index in [9.17, 15) is 0 Å². The lowest BCUT2D eigenvalue weighted by molar-refractivity contribution is 0.432. The van der Waals surface area contributed by atoms with Gasteiger partial charge >= 0.3 is 0 Å². The predicted molar refractivity (Wildman–Crippen MR) is 63.5 cm³/mol. The Hall–Kier alpha value is -0.340. The molecule has 1 aromatic rings. The third-order valence-corrected chi connectivity index (χ3v) is 3.64. The summed E-state index contributed by atoms with van der Waals surface area (Å²) in [6.07, 6.45) is 2.53. The van der Waals surface area contributed by atoms with Gasteiger partial charge < -0.3 is 5.32 Å². The lowest BCUT2D eigenvalue weighted by Crippen LogP contribution is -2.33. The summed E-state index contributed by atoms with van der Waals surface area (Å²) in [5.74, 6) is 0. The first kappa shape index (κ1) is 10.2. The normalized spacial score (nSPS) is 26.8. The van der Waals surface area contributed by atoms with E-state index in [1.54, 1.807) is 0 Å². The maximum atomic E-state index is 3.59. The zero-order valence-electron chi connectivity index (χ0n) is 8.73. The van der Waals surface area contributed by atoms with Crippen LogP contribution >= 0.6 is 15.9 Å². The van der Waals surface area contributed by atoms with Crippen LogP contribution in [0.4, 0.5) is 0 Å². The second kappa shape index (κ2) is 3.67. The summed E-state index contributed by atoms with van der Waals surface area (Å²) >= 11 is 3.50. The summed E-state index contributed by atoms with van der Waals surface area (Å²) in [5.41, 5.74) is 3.01. The van der Waals surface area contributed by atoms with Crippen molar-refractivity contribution >= 4 is 15.9 Å². The van der Waals surface area contributed by atoms with Gasteiger partial charge in [0.1, 0.15) is 0 Å². The molecule has 1 heterocycles. The fourth-order valence-electron chi connectivity index (χ4n) is 2.37. The molecule has 1 aliphatic rings. The summed E-state index contributed by atoms with van der Waals surface area (Å²) in [4.78, 5) is 0. The number of benzene rings is 1. The van der Waals surface area contributed by atoms with Crippen LogP contribution in [0.5, 0.6) is 0 Å². The standard InChI is InChI=1S/C12H16BrN/c1-9-8-10(13)4-5-11(9)12(2)6-3-7-14-12/h4-5,8,14H,3,6-7H2,1-2H3. The summed E-state index contributed by atoms with van der Waals surface area (Å²) in [5, 5.41) is 3.59. The SMILES string of the molecule is Cc1cc(Br)ccc1C1(C)CCCN1. The largest absolute Gasteiger partial charge is 0.308 e. The van der Waals surface area contributed by atoms with Crippen molar-refractivity contribution in [2.45, 2.75) is 32.2 Å². The van der Waals surface area contributed by atoms with Crippen LogP contribution in [0.1, 0.15) is 30.9 Å². The molecule has 0 aromatic heterocycles. The monoisotopic (exact) mass is 253 g/mol. The van der Waals surface area contributed by atoms with Gasteiger partial charge in [0.15, 0.2) is 0 Å². The van der Waals surface area contributed by atoms with E-state index >= 15 is 0 Å². The first-order valence-corrected chi connectivity index (χ1v) is 5.93. The Kier molecular flexibility index (Phi) is 2.67. The second-order valence-electron chi connectivity index (χ2n) is 4.32. The van der Waals surface area contributed by atoms with Gasteiger partial charge in [-0.05, 0) is 56.5 Å². The lowest BCUT2D eigenvalue weighted by atomic mass is 9.87. The molecule has 1 atom stereocenters. The maximum absolute atomic E-state index is 3.59. The number of nitrogens with one attached hydrogen (secondary N) is 1. The van der Waals surface area contributed by atoms with Crippen LogP contribution in [0.2, 0.25) is 0 Å². The van der Waals surface area contributed by atoms with Crippen molar-refractivity contribution in [2.24, 2.45) is 0 Å². The third-order valence-electron chi connectivity index (χ3n) is 3.15. The van der Waals surface area contributed by atoms with Crippen molar-refractivity contribution < 1.29 is 0 Å². The minimum Gasteiger partial charge on any atom is -0.308 e. The second-order valence-corrected chi connectivity index (χ2v) is 5.24. The fourth-order valence-corrected chi connectivity index (χ4v) is 2.85. The quantitative estimate of drug-likeness (QED) is 0.810. The van der Waals surface area contributed by atoms with Gasteiger partial charge in [0.2, 0.25) is 0 Å². The molecule has 2 rings (SSSR count). The first-order valence-electron chi connectivity index (χ1n) is 5.13. The van der Waals surface area contributed by atoms with E-state index in [1.807, 2.05) is 0 Å². The van der Waals surface area contributed by atoms with E-state index in [-0.39, 0.29) is 5.54 Å². The van der Waals surface area contributed by atoms with Crippen LogP contribution in [-0.4, -0.2) is 6.54 Å². The average Bonchev–Trinajstić information content (AvgIpc) is 2.52. The molecule has 0 bridgehead atoms. The van der Waals surface area contributed by atoms with Gasteiger partial charge in [-0.15, -0.1) is 0 Å². The lowest BCUT2D eigenvalue weighted by Gasteiger charge is -2.27. The Labute approximate surface area is 94.0 Å². The highest BCUT2D eigenvalue weighted by Gasteiger charge is 2.30. The Morgan fingerprint density at radius 3 is 2.79 bits per heavy atom. The van der Waals surface area contributed by atoms with Gasteiger partial charge in [0, 0.05) is 10.0 Å². The molecule has 14 heavy (non-hydrogen) atoms. The molecule has 1 saturated heterocycles. The number of hydrogen-bond donors (Lipinski definition) is 1. The Morgan fingerprint density at radius 1 is 1.43 bits per heavy atom. The fraction of sp³-hybridized carbons (Fsp3) is 0.500. The molecule has 0 radical (unpaired) electrons. The highest BCUT2D eigenvalue weighted by atomic mass is 79.9. The number of rotatable bonds is 1. The van der Waals surface area contributed by atoms with Crippen molar-refractivity contribution in [3.63, 3.8) is 0 Å². The molecule has 0 saturated carbocycles. The molecule has 1 N–H and O–H groups in total. The topological polar surface area (TPSA) is 12.0 Å². The minimum absolute atomic E-state index is 0.199. The summed E-state index contributed by atoms with van der Waals surface area (Å²) < 4.78 is 1.17. The number of hydrogen-bond acceptors (Lipinski definition) is 1. The zero-order valence-corrected chi connectivity index (χ0v) is 10.3. The Bertz CT molecular complexity index is 340. The maximum Gasteiger partial charge on any atom is 0.0409 e. The molecule has 1 unspecified atom stereocenters. The number of halogens is 1. The van der Waals surface area contributed by atoms with E-state index in [0.717, 1.165) is 6.54 Å². The van der Waals surface area contributed by atoms with Crippen molar-refractivity contribution in [2.75, 3.05) is 6.54 Å². The molecule has 1 fully saturated rings. The number of aryl methyl sites for hydroxylation is 1. The summed E-state index contributed by atoms with van der Waals surface area (Å²) in [7, 11) is 0. The first-order chi connectivity index (χ1) is 6.62. The van der Waals surface area contributed by atoms with Crippen molar-refractivity contribution in [1.29, 1.82) is 0 Å². The summed E-state index contributed by atoms with van der Waals surface area (Å²) in [6, 6.07) is 6.56. The van der Waals surface area contributed by atoms with Crippen LogP contribution in [0.25, 0.3) is 0 Å². The molecule has 0 aliphatic carbocycles. The molecule has 0 amide bonds. The Morgan fingerprint density at radius 2 is 2.21 bits per heavy atom. The van der Waals surface area contributed by atoms with Crippen molar-refractivity contribution in [3.8, 4) is 0 Å². The van der Waals surface area contributed by atoms with E-state index in [4.69, 9.17) is 0 Å². The van der Waals surface area contributed by atoms with E-state index in [1.165, 1.54) is 28.4 Å². The smallest absolute Gasteiger partial charge is 0.0409 e. The minimum atomic E-state index is 0.199. The van der Waals surface area contributed by atoms with Crippen molar-refractivity contribution in [3.05, 3.63) is 33.8 Å². The van der Waals surface area contributed by atoms with Gasteiger partial charge in [-0.1, -0.05) is 22.0 Å². The van der Waals surface area contributed by atoms with Gasteiger partial charge in [-0.3, -0.25) is 0 Å². The van der Waals surface area contributed by atoms with Gasteiger partial charge in [0.25, 0.3) is 0 Å². The molecule has 0 spiro atoms.